The normalized spacial score (nSPS) is 13.2. The summed E-state index contributed by atoms with van der Waals surface area (Å²) in [5.74, 6) is -1.41. The zero-order valence-corrected chi connectivity index (χ0v) is 14.3. The summed E-state index contributed by atoms with van der Waals surface area (Å²) in [6, 6.07) is 3.18. The molecule has 0 heterocycles. The van der Waals surface area contributed by atoms with E-state index in [-0.39, 0.29) is 24.6 Å². The number of hydrogen-bond acceptors (Lipinski definition) is 3. The van der Waals surface area contributed by atoms with E-state index in [1.807, 2.05) is 13.8 Å². The van der Waals surface area contributed by atoms with Gasteiger partial charge in [-0.05, 0) is 39.1 Å². The number of nitrogens with two attached hydrogens (primary N) is 1. The lowest BCUT2D eigenvalue weighted by Crippen LogP contribution is -2.47. The summed E-state index contributed by atoms with van der Waals surface area (Å²) in [7, 11) is 3.44. The first kappa shape index (κ1) is 19.5. The van der Waals surface area contributed by atoms with Gasteiger partial charge in [0.05, 0.1) is 11.5 Å². The third-order valence-electron chi connectivity index (χ3n) is 4.64. The number of amides is 1. The van der Waals surface area contributed by atoms with Gasteiger partial charge in [0, 0.05) is 18.7 Å². The van der Waals surface area contributed by atoms with E-state index >= 15 is 0 Å². The Labute approximate surface area is 137 Å². The molecule has 0 aliphatic heterocycles. The predicted molar refractivity (Wildman–Crippen MR) is 87.9 cm³/mol. The minimum atomic E-state index is -0.634. The minimum Gasteiger partial charge on any atom is -0.354 e. The summed E-state index contributed by atoms with van der Waals surface area (Å²) in [6.45, 7) is 4.18. The van der Waals surface area contributed by atoms with Crippen molar-refractivity contribution in [3.63, 3.8) is 0 Å². The maximum atomic E-state index is 14.0. The molecule has 0 spiro atoms. The van der Waals surface area contributed by atoms with Gasteiger partial charge in [-0.25, -0.2) is 8.78 Å². The van der Waals surface area contributed by atoms with E-state index in [0.717, 1.165) is 0 Å². The van der Waals surface area contributed by atoms with Gasteiger partial charge in [-0.15, -0.1) is 0 Å². The van der Waals surface area contributed by atoms with Crippen LogP contribution in [-0.2, 0) is 4.79 Å². The van der Waals surface area contributed by atoms with Crippen molar-refractivity contribution in [1.29, 1.82) is 0 Å². The molecule has 130 valence electrons. The zero-order valence-electron chi connectivity index (χ0n) is 14.3. The summed E-state index contributed by atoms with van der Waals surface area (Å²) in [6.07, 6.45) is 1.24. The Balaban J connectivity index is 2.97. The molecule has 0 saturated carbocycles. The fourth-order valence-corrected chi connectivity index (χ4v) is 2.70. The van der Waals surface area contributed by atoms with Crippen molar-refractivity contribution in [3.05, 3.63) is 35.4 Å². The quantitative estimate of drug-likeness (QED) is 0.771. The lowest BCUT2D eigenvalue weighted by atomic mass is 9.81. The molecule has 0 aromatic heterocycles. The maximum absolute atomic E-state index is 14.0. The molecule has 1 aromatic carbocycles. The zero-order chi connectivity index (χ0) is 17.6. The van der Waals surface area contributed by atoms with E-state index < -0.39 is 23.1 Å². The highest BCUT2D eigenvalue weighted by molar-refractivity contribution is 5.82. The summed E-state index contributed by atoms with van der Waals surface area (Å²) in [5.41, 5.74) is 5.09. The third-order valence-corrected chi connectivity index (χ3v) is 4.64. The molecule has 4 nitrogen and oxygen atoms in total. The van der Waals surface area contributed by atoms with Crippen molar-refractivity contribution < 1.29 is 13.6 Å². The van der Waals surface area contributed by atoms with Crippen LogP contribution in [0.1, 0.15) is 38.3 Å². The third kappa shape index (κ3) is 4.26. The molecule has 0 radical (unpaired) electrons. The van der Waals surface area contributed by atoms with Crippen LogP contribution < -0.4 is 11.1 Å². The minimum absolute atomic E-state index is 0.0378. The smallest absolute Gasteiger partial charge is 0.227 e. The molecule has 6 heteroatoms. The van der Waals surface area contributed by atoms with E-state index in [1.54, 1.807) is 19.0 Å². The van der Waals surface area contributed by atoms with Gasteiger partial charge in [0.25, 0.3) is 0 Å². The molecule has 0 bridgehead atoms. The molecule has 3 N–H and O–H groups in total. The summed E-state index contributed by atoms with van der Waals surface area (Å²) in [4.78, 5) is 14.2. The lowest BCUT2D eigenvalue weighted by molar-refractivity contribution is -0.131. The van der Waals surface area contributed by atoms with Crippen LogP contribution in [0.15, 0.2) is 18.2 Å². The SMILES string of the molecule is CCC(CC)(CN)C(=O)NCC(c1c(F)cccc1F)N(C)C. The maximum Gasteiger partial charge on any atom is 0.227 e. The van der Waals surface area contributed by atoms with Crippen molar-refractivity contribution in [2.24, 2.45) is 11.1 Å². The van der Waals surface area contributed by atoms with E-state index in [9.17, 15) is 13.6 Å². The fraction of sp³-hybridized carbons (Fsp3) is 0.588. The molecule has 0 aliphatic rings. The molecule has 1 rings (SSSR count). The Kier molecular flexibility index (Phi) is 7.09. The van der Waals surface area contributed by atoms with Gasteiger partial charge >= 0.3 is 0 Å². The second-order valence-electron chi connectivity index (χ2n) is 6.02. The van der Waals surface area contributed by atoms with Crippen molar-refractivity contribution in [2.75, 3.05) is 27.2 Å². The van der Waals surface area contributed by atoms with Gasteiger partial charge in [0.15, 0.2) is 0 Å². The van der Waals surface area contributed by atoms with Crippen LogP contribution in [0.3, 0.4) is 0 Å². The van der Waals surface area contributed by atoms with Crippen molar-refractivity contribution in [3.8, 4) is 0 Å². The highest BCUT2D eigenvalue weighted by Gasteiger charge is 2.34. The van der Waals surface area contributed by atoms with Crippen LogP contribution in [0.2, 0.25) is 0 Å². The van der Waals surface area contributed by atoms with E-state index in [0.29, 0.717) is 12.8 Å². The Bertz CT molecular complexity index is 502. The van der Waals surface area contributed by atoms with Crippen LogP contribution in [0.4, 0.5) is 8.78 Å². The fourth-order valence-electron chi connectivity index (χ4n) is 2.70. The number of rotatable bonds is 8. The average Bonchev–Trinajstić information content (AvgIpc) is 2.52. The molecular formula is C17H27F2N3O. The Morgan fingerprint density at radius 1 is 1.26 bits per heavy atom. The van der Waals surface area contributed by atoms with Crippen molar-refractivity contribution >= 4 is 5.91 Å². The monoisotopic (exact) mass is 327 g/mol. The summed E-state index contributed by atoms with van der Waals surface area (Å²) in [5, 5.41) is 2.82. The second kappa shape index (κ2) is 8.36. The number of benzene rings is 1. The number of carbonyl (C=O) groups is 1. The number of hydrogen-bond donors (Lipinski definition) is 2. The summed E-state index contributed by atoms with van der Waals surface area (Å²) >= 11 is 0. The first-order chi connectivity index (χ1) is 10.8. The lowest BCUT2D eigenvalue weighted by Gasteiger charge is -2.31. The molecule has 1 aromatic rings. The van der Waals surface area contributed by atoms with Crippen molar-refractivity contribution in [1.82, 2.24) is 10.2 Å². The largest absolute Gasteiger partial charge is 0.354 e. The molecule has 0 saturated heterocycles. The Hall–Kier alpha value is -1.53. The standard InChI is InChI=1S/C17H27F2N3O/c1-5-17(6-2,11-20)16(23)21-10-14(22(3)4)15-12(18)8-7-9-13(15)19/h7-9,14H,5-6,10-11,20H2,1-4H3,(H,21,23). The predicted octanol–water partition coefficient (Wildman–Crippen LogP) is 2.45. The van der Waals surface area contributed by atoms with Gasteiger partial charge in [0.1, 0.15) is 11.6 Å². The number of nitrogens with zero attached hydrogens (tertiary/aromatic N) is 1. The molecule has 0 fully saturated rings. The number of likely N-dealkylation sites (N-methyl/N-ethyl adjacent to an activating group) is 1. The first-order valence-corrected chi connectivity index (χ1v) is 7.91. The van der Waals surface area contributed by atoms with Crippen LogP contribution in [0, 0.1) is 17.0 Å². The molecular weight excluding hydrogens is 300 g/mol. The van der Waals surface area contributed by atoms with Crippen LogP contribution in [0.25, 0.3) is 0 Å². The highest BCUT2D eigenvalue weighted by atomic mass is 19.1. The second-order valence-corrected chi connectivity index (χ2v) is 6.02. The number of nitrogens with one attached hydrogen (secondary N) is 1. The van der Waals surface area contributed by atoms with Crippen LogP contribution >= 0.6 is 0 Å². The van der Waals surface area contributed by atoms with Crippen LogP contribution in [0.5, 0.6) is 0 Å². The van der Waals surface area contributed by atoms with Gasteiger partial charge in [0.2, 0.25) is 5.91 Å². The Morgan fingerprint density at radius 3 is 2.17 bits per heavy atom. The first-order valence-electron chi connectivity index (χ1n) is 7.91. The molecule has 1 amide bonds. The van der Waals surface area contributed by atoms with Crippen LogP contribution in [-0.4, -0.2) is 38.0 Å². The highest BCUT2D eigenvalue weighted by Crippen LogP contribution is 2.27. The Morgan fingerprint density at radius 2 is 1.78 bits per heavy atom. The average molecular weight is 327 g/mol. The number of carbonyl (C=O) groups excluding carboxylic acids is 1. The molecule has 23 heavy (non-hydrogen) atoms. The van der Waals surface area contributed by atoms with Gasteiger partial charge in [-0.3, -0.25) is 4.79 Å². The van der Waals surface area contributed by atoms with Gasteiger partial charge in [-0.1, -0.05) is 19.9 Å². The summed E-state index contributed by atoms with van der Waals surface area (Å²) < 4.78 is 28.0. The van der Waals surface area contributed by atoms with E-state index in [2.05, 4.69) is 5.32 Å². The topological polar surface area (TPSA) is 58.4 Å². The van der Waals surface area contributed by atoms with E-state index in [1.165, 1.54) is 18.2 Å². The number of halogens is 2. The van der Waals surface area contributed by atoms with E-state index in [4.69, 9.17) is 5.73 Å². The molecule has 1 unspecified atom stereocenters. The molecule has 1 atom stereocenters. The molecule has 0 aliphatic carbocycles. The van der Waals surface area contributed by atoms with Gasteiger partial charge < -0.3 is 16.0 Å². The van der Waals surface area contributed by atoms with Crippen molar-refractivity contribution in [2.45, 2.75) is 32.7 Å². The van der Waals surface area contributed by atoms with Gasteiger partial charge in [-0.2, -0.15) is 0 Å².